The zero-order valence-electron chi connectivity index (χ0n) is 9.63. The first kappa shape index (κ1) is 11.9. The third-order valence-corrected chi connectivity index (χ3v) is 2.43. The van der Waals surface area contributed by atoms with Gasteiger partial charge in [0.25, 0.3) is 0 Å². The average molecular weight is 207 g/mol. The van der Waals surface area contributed by atoms with E-state index in [2.05, 4.69) is 18.5 Å². The summed E-state index contributed by atoms with van der Waals surface area (Å²) in [5, 5.41) is 0. The van der Waals surface area contributed by atoms with Gasteiger partial charge < -0.3 is 0 Å². The Morgan fingerprint density at radius 1 is 1.47 bits per heavy atom. The Balaban J connectivity index is 3.09. The Labute approximate surface area is 91.1 Å². The second kappa shape index (κ2) is 5.06. The van der Waals surface area contributed by atoms with Crippen molar-refractivity contribution >= 4 is 5.71 Å². The molecule has 0 N–H and O–H groups in total. The molecule has 0 aromatic carbocycles. The number of nitrogens with zero attached hydrogens (tertiary/aromatic N) is 1. The van der Waals surface area contributed by atoms with E-state index in [1.807, 2.05) is 19.9 Å². The zero-order chi connectivity index (χ0) is 11.4. The molecule has 1 rings (SSSR count). The van der Waals surface area contributed by atoms with E-state index in [0.29, 0.717) is 6.42 Å². The predicted octanol–water partition coefficient (Wildman–Crippen LogP) is 3.84. The fourth-order valence-electron chi connectivity index (χ4n) is 1.79. The molecule has 0 saturated carbocycles. The van der Waals surface area contributed by atoms with Gasteiger partial charge in [-0.2, -0.15) is 0 Å². The molecule has 1 nitrogen and oxygen atoms in total. The lowest BCUT2D eigenvalue weighted by Crippen LogP contribution is -2.08. The van der Waals surface area contributed by atoms with Gasteiger partial charge in [0.15, 0.2) is 0 Å². The molecular weight excluding hydrogens is 189 g/mol. The molecule has 0 spiro atoms. The number of allylic oxidation sites excluding steroid dienone is 4. The van der Waals surface area contributed by atoms with Crippen LogP contribution in [0.25, 0.3) is 0 Å². The van der Waals surface area contributed by atoms with Crippen molar-refractivity contribution in [3.8, 4) is 0 Å². The minimum absolute atomic E-state index is 0.0995. The third kappa shape index (κ3) is 3.46. The van der Waals surface area contributed by atoms with E-state index in [9.17, 15) is 4.39 Å². The van der Waals surface area contributed by atoms with Crippen LogP contribution in [-0.4, -0.2) is 11.8 Å². The van der Waals surface area contributed by atoms with Crippen molar-refractivity contribution in [1.82, 2.24) is 0 Å². The van der Waals surface area contributed by atoms with E-state index in [1.54, 1.807) is 12.2 Å². The lowest BCUT2D eigenvalue weighted by Gasteiger charge is -2.08. The molecular formula is C13H18FN. The molecule has 0 fully saturated rings. The summed E-state index contributed by atoms with van der Waals surface area (Å²) >= 11 is 0. The summed E-state index contributed by atoms with van der Waals surface area (Å²) in [7, 11) is 0. The van der Waals surface area contributed by atoms with Gasteiger partial charge >= 0.3 is 0 Å². The number of halogens is 1. The van der Waals surface area contributed by atoms with Crippen LogP contribution in [0.2, 0.25) is 0 Å². The second-order valence-electron chi connectivity index (χ2n) is 4.09. The van der Waals surface area contributed by atoms with Gasteiger partial charge in [-0.15, -0.1) is 0 Å². The van der Waals surface area contributed by atoms with Crippen molar-refractivity contribution in [1.29, 1.82) is 0 Å². The number of aliphatic imine (C=N–C) groups is 1. The number of hydrogen-bond acceptors (Lipinski definition) is 1. The molecule has 0 aliphatic carbocycles. The average Bonchev–Trinajstić information content (AvgIpc) is 2.15. The van der Waals surface area contributed by atoms with Crippen molar-refractivity contribution in [2.24, 2.45) is 10.9 Å². The Bertz CT molecular complexity index is 336. The van der Waals surface area contributed by atoms with Crippen molar-refractivity contribution in [2.75, 3.05) is 0 Å². The molecule has 15 heavy (non-hydrogen) atoms. The van der Waals surface area contributed by atoms with Gasteiger partial charge in [0, 0.05) is 18.1 Å². The minimum Gasteiger partial charge on any atom is -0.282 e. The maximum Gasteiger partial charge on any atom is 0.102 e. The van der Waals surface area contributed by atoms with Gasteiger partial charge in [-0.25, -0.2) is 4.39 Å². The van der Waals surface area contributed by atoms with Crippen molar-refractivity contribution in [3.63, 3.8) is 0 Å². The van der Waals surface area contributed by atoms with Crippen LogP contribution >= 0.6 is 0 Å². The highest BCUT2D eigenvalue weighted by atomic mass is 19.1. The molecule has 1 aliphatic rings. The molecule has 2 heteroatoms. The first-order chi connectivity index (χ1) is 7.02. The molecule has 2 unspecified atom stereocenters. The zero-order valence-corrected chi connectivity index (χ0v) is 9.63. The number of rotatable bonds is 1. The highest BCUT2D eigenvalue weighted by Crippen LogP contribution is 2.19. The SMILES string of the molecule is C=CC1=NC(C)/C=C(/F)C/C(C)=C\C1C. The molecule has 0 saturated heterocycles. The van der Waals surface area contributed by atoms with Crippen molar-refractivity contribution < 1.29 is 4.39 Å². The van der Waals surface area contributed by atoms with Crippen LogP contribution < -0.4 is 0 Å². The first-order valence-corrected chi connectivity index (χ1v) is 5.26. The lowest BCUT2D eigenvalue weighted by atomic mass is 10.0. The number of hydrogen-bond donors (Lipinski definition) is 0. The first-order valence-electron chi connectivity index (χ1n) is 5.26. The summed E-state index contributed by atoms with van der Waals surface area (Å²) in [4.78, 5) is 4.42. The summed E-state index contributed by atoms with van der Waals surface area (Å²) in [6.07, 6.45) is 5.77. The molecule has 0 amide bonds. The molecule has 82 valence electrons. The summed E-state index contributed by atoms with van der Waals surface area (Å²) in [5.41, 5.74) is 1.97. The van der Waals surface area contributed by atoms with Crippen LogP contribution in [0.5, 0.6) is 0 Å². The van der Waals surface area contributed by atoms with E-state index >= 15 is 0 Å². The van der Waals surface area contributed by atoms with Gasteiger partial charge in [0.1, 0.15) is 5.83 Å². The van der Waals surface area contributed by atoms with Gasteiger partial charge in [0.05, 0.1) is 6.04 Å². The predicted molar refractivity (Wildman–Crippen MR) is 63.8 cm³/mol. The van der Waals surface area contributed by atoms with Crippen LogP contribution in [0.15, 0.2) is 41.2 Å². The van der Waals surface area contributed by atoms with Crippen molar-refractivity contribution in [2.45, 2.75) is 33.2 Å². The smallest absolute Gasteiger partial charge is 0.102 e. The standard InChI is InChI=1S/C13H18FN/c1-5-13-10(3)6-9(2)7-12(14)8-11(4)15-13/h5-6,8,10-11H,1,7H2,2-4H3/b9-6-,12-8+,15-13?. The van der Waals surface area contributed by atoms with E-state index < -0.39 is 0 Å². The molecule has 0 radical (unpaired) electrons. The molecule has 2 atom stereocenters. The highest BCUT2D eigenvalue weighted by Gasteiger charge is 2.10. The normalized spacial score (nSPS) is 34.8. The summed E-state index contributed by atoms with van der Waals surface area (Å²) in [5.74, 6) is 0.113. The summed E-state index contributed by atoms with van der Waals surface area (Å²) in [6.45, 7) is 9.63. The van der Waals surface area contributed by atoms with E-state index in [0.717, 1.165) is 11.3 Å². The Kier molecular flexibility index (Phi) is 4.01. The fourth-order valence-corrected chi connectivity index (χ4v) is 1.79. The monoisotopic (exact) mass is 207 g/mol. The Morgan fingerprint density at radius 3 is 2.73 bits per heavy atom. The van der Waals surface area contributed by atoms with Crippen molar-refractivity contribution in [3.05, 3.63) is 36.2 Å². The quantitative estimate of drug-likeness (QED) is 0.579. The van der Waals surface area contributed by atoms with Crippen LogP contribution in [0.3, 0.4) is 0 Å². The van der Waals surface area contributed by atoms with Crippen LogP contribution in [-0.2, 0) is 0 Å². The highest BCUT2D eigenvalue weighted by molar-refractivity contribution is 5.97. The molecule has 0 aromatic heterocycles. The van der Waals surface area contributed by atoms with Crippen LogP contribution in [0.4, 0.5) is 4.39 Å². The lowest BCUT2D eigenvalue weighted by molar-refractivity contribution is 0.600. The fraction of sp³-hybridized carbons (Fsp3) is 0.462. The summed E-state index contributed by atoms with van der Waals surface area (Å²) < 4.78 is 13.4. The van der Waals surface area contributed by atoms with Crippen LogP contribution in [0.1, 0.15) is 27.2 Å². The van der Waals surface area contributed by atoms with E-state index in [1.165, 1.54) is 0 Å². The molecule has 0 bridgehead atoms. The molecule has 1 aliphatic heterocycles. The summed E-state index contributed by atoms with van der Waals surface area (Å²) in [6, 6.07) is -0.111. The maximum atomic E-state index is 13.4. The largest absolute Gasteiger partial charge is 0.282 e. The van der Waals surface area contributed by atoms with E-state index in [-0.39, 0.29) is 17.8 Å². The van der Waals surface area contributed by atoms with Gasteiger partial charge in [-0.3, -0.25) is 4.99 Å². The third-order valence-electron chi connectivity index (χ3n) is 2.43. The van der Waals surface area contributed by atoms with Gasteiger partial charge in [-0.05, 0) is 26.0 Å². The van der Waals surface area contributed by atoms with E-state index in [4.69, 9.17) is 0 Å². The van der Waals surface area contributed by atoms with Gasteiger partial charge in [-0.1, -0.05) is 25.2 Å². The topological polar surface area (TPSA) is 12.4 Å². The Morgan fingerprint density at radius 2 is 2.13 bits per heavy atom. The maximum absolute atomic E-state index is 13.4. The molecule has 0 aromatic rings. The Hall–Kier alpha value is -1.18. The van der Waals surface area contributed by atoms with Gasteiger partial charge in [0.2, 0.25) is 0 Å². The minimum atomic E-state index is -0.111. The van der Waals surface area contributed by atoms with Crippen LogP contribution in [0, 0.1) is 5.92 Å². The second-order valence-corrected chi connectivity index (χ2v) is 4.09. The molecule has 1 heterocycles.